The molecule has 0 spiro atoms. The largest absolute Gasteiger partial charge is 0.507 e. The molecule has 0 bridgehead atoms. The molecular weight excluding hydrogens is 565 g/mol. The van der Waals surface area contributed by atoms with E-state index in [0.717, 1.165) is 0 Å². The summed E-state index contributed by atoms with van der Waals surface area (Å²) in [6.07, 6.45) is 0.439. The SMILES string of the molecule is COc1cc(C2/C(=C(\O)c3cc(Cl)c(OC)c(Cl)c3OC)C(=O)C(=O)N2CCCOC(C)C)cc(OC)c1OC. The maximum absolute atomic E-state index is 13.5. The molecule has 1 heterocycles. The lowest BCUT2D eigenvalue weighted by molar-refractivity contribution is -0.140. The molecule has 1 amide bonds. The summed E-state index contributed by atoms with van der Waals surface area (Å²) in [5, 5.41) is 11.7. The van der Waals surface area contributed by atoms with Crippen molar-refractivity contribution in [2.24, 2.45) is 0 Å². The number of ether oxygens (including phenoxy) is 6. The fourth-order valence-corrected chi connectivity index (χ4v) is 5.25. The topological polar surface area (TPSA) is 113 Å². The Bertz CT molecular complexity index is 1280. The molecule has 3 rings (SSSR count). The molecule has 10 nitrogen and oxygen atoms in total. The smallest absolute Gasteiger partial charge is 0.295 e. The number of methoxy groups -OCH3 is 5. The Morgan fingerprint density at radius 3 is 1.98 bits per heavy atom. The fourth-order valence-electron chi connectivity index (χ4n) is 4.56. The lowest BCUT2D eigenvalue weighted by Crippen LogP contribution is -2.31. The maximum Gasteiger partial charge on any atom is 0.295 e. The highest BCUT2D eigenvalue weighted by Gasteiger charge is 2.47. The second-order valence-electron chi connectivity index (χ2n) is 9.01. The van der Waals surface area contributed by atoms with Crippen LogP contribution in [0.3, 0.4) is 0 Å². The van der Waals surface area contributed by atoms with Gasteiger partial charge in [-0.05, 0) is 44.0 Å². The van der Waals surface area contributed by atoms with Crippen LogP contribution in [0.5, 0.6) is 28.7 Å². The first kappa shape index (κ1) is 31.2. The van der Waals surface area contributed by atoms with Crippen LogP contribution in [-0.2, 0) is 14.3 Å². The number of likely N-dealkylation sites (tertiary alicyclic amines) is 1. The van der Waals surface area contributed by atoms with Crippen molar-refractivity contribution in [3.63, 3.8) is 0 Å². The van der Waals surface area contributed by atoms with Gasteiger partial charge in [0.15, 0.2) is 23.0 Å². The number of ketones is 1. The van der Waals surface area contributed by atoms with E-state index in [0.29, 0.717) is 35.8 Å². The number of aliphatic hydroxyl groups excluding tert-OH is 1. The fraction of sp³-hybridized carbons (Fsp3) is 0.429. The molecule has 0 aliphatic carbocycles. The Balaban J connectivity index is 2.29. The monoisotopic (exact) mass is 597 g/mol. The highest BCUT2D eigenvalue weighted by Crippen LogP contribution is 2.49. The lowest BCUT2D eigenvalue weighted by Gasteiger charge is -2.27. The second kappa shape index (κ2) is 13.3. The van der Waals surface area contributed by atoms with E-state index in [4.69, 9.17) is 51.6 Å². The summed E-state index contributed by atoms with van der Waals surface area (Å²) >= 11 is 12.8. The Morgan fingerprint density at radius 2 is 1.48 bits per heavy atom. The van der Waals surface area contributed by atoms with Crippen molar-refractivity contribution in [2.45, 2.75) is 32.4 Å². The number of aliphatic hydroxyl groups is 1. The zero-order valence-electron chi connectivity index (χ0n) is 23.4. The number of hydrogen-bond acceptors (Lipinski definition) is 9. The van der Waals surface area contributed by atoms with Gasteiger partial charge in [-0.3, -0.25) is 9.59 Å². The molecule has 1 aliphatic heterocycles. The summed E-state index contributed by atoms with van der Waals surface area (Å²) in [5.41, 5.74) is 0.251. The number of halogens is 2. The summed E-state index contributed by atoms with van der Waals surface area (Å²) in [4.78, 5) is 28.3. The molecule has 2 aromatic rings. The average molecular weight is 598 g/mol. The first-order valence-electron chi connectivity index (χ1n) is 12.4. The van der Waals surface area contributed by atoms with Crippen molar-refractivity contribution in [3.8, 4) is 28.7 Å². The van der Waals surface area contributed by atoms with Crippen LogP contribution in [0.15, 0.2) is 23.8 Å². The molecule has 0 saturated carbocycles. The molecule has 1 aliphatic rings. The van der Waals surface area contributed by atoms with E-state index in [9.17, 15) is 14.7 Å². The second-order valence-corrected chi connectivity index (χ2v) is 9.80. The molecule has 2 aromatic carbocycles. The quantitative estimate of drug-likeness (QED) is 0.151. The van der Waals surface area contributed by atoms with Gasteiger partial charge in [0, 0.05) is 13.2 Å². The zero-order valence-corrected chi connectivity index (χ0v) is 24.9. The maximum atomic E-state index is 13.5. The van der Waals surface area contributed by atoms with Crippen molar-refractivity contribution in [1.29, 1.82) is 0 Å². The Kier molecular flexibility index (Phi) is 10.4. The molecule has 218 valence electrons. The number of benzene rings is 2. The van der Waals surface area contributed by atoms with Gasteiger partial charge in [0.05, 0.1) is 63.9 Å². The van der Waals surface area contributed by atoms with Gasteiger partial charge >= 0.3 is 0 Å². The van der Waals surface area contributed by atoms with Gasteiger partial charge in [0.1, 0.15) is 10.8 Å². The third-order valence-electron chi connectivity index (χ3n) is 6.33. The molecule has 0 aromatic heterocycles. The van der Waals surface area contributed by atoms with Crippen LogP contribution in [0.4, 0.5) is 0 Å². The Morgan fingerprint density at radius 1 is 0.900 bits per heavy atom. The lowest BCUT2D eigenvalue weighted by atomic mass is 9.94. The van der Waals surface area contributed by atoms with Crippen molar-refractivity contribution in [3.05, 3.63) is 44.9 Å². The Hall–Kier alpha value is -3.34. The minimum atomic E-state index is -1.03. The van der Waals surface area contributed by atoms with Crippen LogP contribution in [-0.4, -0.2) is 76.5 Å². The van der Waals surface area contributed by atoms with Crippen LogP contribution in [0.25, 0.3) is 5.76 Å². The molecule has 1 saturated heterocycles. The van der Waals surface area contributed by atoms with Crippen molar-refractivity contribution in [1.82, 2.24) is 4.90 Å². The summed E-state index contributed by atoms with van der Waals surface area (Å²) in [6.45, 7) is 4.33. The molecule has 0 radical (unpaired) electrons. The van der Waals surface area contributed by atoms with E-state index >= 15 is 0 Å². The average Bonchev–Trinajstić information content (AvgIpc) is 3.18. The highest BCUT2D eigenvalue weighted by atomic mass is 35.5. The van der Waals surface area contributed by atoms with Gasteiger partial charge in [-0.2, -0.15) is 0 Å². The van der Waals surface area contributed by atoms with E-state index in [-0.39, 0.29) is 45.3 Å². The van der Waals surface area contributed by atoms with E-state index in [1.54, 1.807) is 12.1 Å². The van der Waals surface area contributed by atoms with Crippen LogP contribution in [0.1, 0.15) is 37.4 Å². The third kappa shape index (κ3) is 5.89. The minimum Gasteiger partial charge on any atom is -0.507 e. The van der Waals surface area contributed by atoms with Crippen molar-refractivity contribution in [2.75, 3.05) is 48.7 Å². The van der Waals surface area contributed by atoms with Gasteiger partial charge in [-0.25, -0.2) is 0 Å². The molecule has 1 fully saturated rings. The molecule has 1 N–H and O–H groups in total. The normalized spacial score (nSPS) is 16.4. The highest BCUT2D eigenvalue weighted by molar-refractivity contribution is 6.47. The number of rotatable bonds is 12. The third-order valence-corrected chi connectivity index (χ3v) is 6.96. The number of carbonyl (C=O) groups excluding carboxylic acids is 2. The zero-order chi connectivity index (χ0) is 29.7. The number of amides is 1. The van der Waals surface area contributed by atoms with Gasteiger partial charge in [-0.15, -0.1) is 0 Å². The minimum absolute atomic E-state index is 0.00152. The first-order chi connectivity index (χ1) is 19.1. The number of Topliss-reactive ketones (excluding diaryl/α,β-unsaturated/α-hetero) is 1. The van der Waals surface area contributed by atoms with Crippen LogP contribution >= 0.6 is 23.2 Å². The molecule has 1 unspecified atom stereocenters. The van der Waals surface area contributed by atoms with E-state index < -0.39 is 23.5 Å². The molecule has 1 atom stereocenters. The Labute approximate surface area is 243 Å². The molecular formula is C28H33Cl2NO9. The number of nitrogens with zero attached hydrogens (tertiary/aromatic N) is 1. The standard InChI is InChI=1S/C28H33Cl2NO9/c1-14(2)40-10-8-9-31-22(15-11-18(35-3)27(39-7)19(12-15)36-4)20(24(33)28(31)34)23(32)16-13-17(29)26(38-6)21(30)25(16)37-5/h11-14,22,32H,8-10H2,1-7H3/b23-20+. The van der Waals surface area contributed by atoms with Crippen LogP contribution in [0.2, 0.25) is 10.0 Å². The van der Waals surface area contributed by atoms with Gasteiger partial charge < -0.3 is 38.4 Å². The van der Waals surface area contributed by atoms with Crippen LogP contribution in [0, 0.1) is 0 Å². The van der Waals surface area contributed by atoms with E-state index in [1.807, 2.05) is 13.8 Å². The first-order valence-corrected chi connectivity index (χ1v) is 13.1. The summed E-state index contributed by atoms with van der Waals surface area (Å²) in [6, 6.07) is 3.57. The van der Waals surface area contributed by atoms with Gasteiger partial charge in [0.2, 0.25) is 5.75 Å². The van der Waals surface area contributed by atoms with E-state index in [1.165, 1.54) is 46.5 Å². The van der Waals surface area contributed by atoms with Gasteiger partial charge in [0.25, 0.3) is 11.7 Å². The molecule has 40 heavy (non-hydrogen) atoms. The summed E-state index contributed by atoms with van der Waals surface area (Å²) < 4.78 is 32.8. The summed E-state index contributed by atoms with van der Waals surface area (Å²) in [7, 11) is 7.09. The summed E-state index contributed by atoms with van der Waals surface area (Å²) in [5.74, 6) is -1.14. The van der Waals surface area contributed by atoms with E-state index in [2.05, 4.69) is 0 Å². The predicted molar refractivity (Wildman–Crippen MR) is 150 cm³/mol. The van der Waals surface area contributed by atoms with Crippen LogP contribution < -0.4 is 23.7 Å². The van der Waals surface area contributed by atoms with Crippen molar-refractivity contribution < 1.29 is 43.1 Å². The van der Waals surface area contributed by atoms with Crippen molar-refractivity contribution >= 4 is 40.7 Å². The predicted octanol–water partition coefficient (Wildman–Crippen LogP) is 5.27. The molecule has 12 heteroatoms. The number of hydrogen-bond donors (Lipinski definition) is 1. The van der Waals surface area contributed by atoms with Gasteiger partial charge in [-0.1, -0.05) is 23.2 Å². The number of carbonyl (C=O) groups is 2.